The smallest absolute Gasteiger partial charge is 0.311 e. The fraction of sp³-hybridized carbons (Fsp3) is 0.250. The summed E-state index contributed by atoms with van der Waals surface area (Å²) in [4.78, 5) is 15.6. The lowest BCUT2D eigenvalue weighted by Gasteiger charge is -2.13. The topological polar surface area (TPSA) is 68.1 Å². The predicted octanol–water partition coefficient (Wildman–Crippen LogP) is 3.75. The Hall–Kier alpha value is -1.66. The monoisotopic (exact) mass is 297 g/mol. The second-order valence-corrected chi connectivity index (χ2v) is 5.51. The van der Waals surface area contributed by atoms with Crippen molar-refractivity contribution in [1.29, 1.82) is 0 Å². The first-order valence-electron chi connectivity index (χ1n) is 5.66. The van der Waals surface area contributed by atoms with Gasteiger partial charge in [-0.3, -0.25) is 10.1 Å². The minimum Gasteiger partial charge on any atom is -0.361 e. The van der Waals surface area contributed by atoms with Crippen molar-refractivity contribution < 1.29 is 4.92 Å². The summed E-state index contributed by atoms with van der Waals surface area (Å²) >= 11 is 7.43. The van der Waals surface area contributed by atoms with Gasteiger partial charge < -0.3 is 5.32 Å². The summed E-state index contributed by atoms with van der Waals surface area (Å²) in [5.74, 6) is 0.210. The Kier molecular flexibility index (Phi) is 4.34. The third-order valence-corrected chi connectivity index (χ3v) is 3.62. The Balaban J connectivity index is 2.13. The van der Waals surface area contributed by atoms with Crippen molar-refractivity contribution in [2.45, 2.75) is 19.4 Å². The largest absolute Gasteiger partial charge is 0.361 e. The van der Waals surface area contributed by atoms with E-state index in [0.717, 1.165) is 6.42 Å². The van der Waals surface area contributed by atoms with Gasteiger partial charge in [0.2, 0.25) is 5.82 Å². The molecule has 0 amide bonds. The van der Waals surface area contributed by atoms with Crippen molar-refractivity contribution in [3.8, 4) is 0 Å². The van der Waals surface area contributed by atoms with Crippen molar-refractivity contribution in [3.05, 3.63) is 49.8 Å². The van der Waals surface area contributed by atoms with E-state index in [-0.39, 0.29) is 22.7 Å². The first kappa shape index (κ1) is 13.8. The van der Waals surface area contributed by atoms with E-state index < -0.39 is 4.92 Å². The molecule has 2 aromatic heterocycles. The summed E-state index contributed by atoms with van der Waals surface area (Å²) in [6, 6.07) is 6.81. The number of thiophene rings is 1. The van der Waals surface area contributed by atoms with Gasteiger partial charge in [-0.25, -0.2) is 4.98 Å². The van der Waals surface area contributed by atoms with Crippen LogP contribution in [0.3, 0.4) is 0 Å². The standard InChI is InChI=1S/C12H12ClN3O2S/c1-8(7-9-3-2-6-19-9)14-12-10(16(17)18)4-5-11(13)15-12/h2-6,8H,7H2,1H3,(H,14,15). The molecule has 1 atom stereocenters. The first-order valence-corrected chi connectivity index (χ1v) is 6.92. The molecule has 0 radical (unpaired) electrons. The van der Waals surface area contributed by atoms with Crippen LogP contribution in [0.4, 0.5) is 11.5 Å². The summed E-state index contributed by atoms with van der Waals surface area (Å²) in [6.45, 7) is 1.95. The number of pyridine rings is 1. The molecule has 0 spiro atoms. The van der Waals surface area contributed by atoms with Gasteiger partial charge in [0.15, 0.2) is 0 Å². The summed E-state index contributed by atoms with van der Waals surface area (Å²) in [5.41, 5.74) is -0.0672. The van der Waals surface area contributed by atoms with E-state index in [1.807, 2.05) is 24.4 Å². The van der Waals surface area contributed by atoms with Crippen molar-refractivity contribution in [2.24, 2.45) is 0 Å². The highest BCUT2D eigenvalue weighted by Gasteiger charge is 2.17. The lowest BCUT2D eigenvalue weighted by atomic mass is 10.2. The molecule has 7 heteroatoms. The molecule has 2 rings (SSSR count). The number of rotatable bonds is 5. The molecule has 5 nitrogen and oxygen atoms in total. The molecule has 0 aliphatic heterocycles. The average molecular weight is 298 g/mol. The van der Waals surface area contributed by atoms with Crippen molar-refractivity contribution in [2.75, 3.05) is 5.32 Å². The minimum absolute atomic E-state index is 0.0308. The molecule has 0 aliphatic rings. The molecule has 2 heterocycles. The Morgan fingerprint density at radius 3 is 2.95 bits per heavy atom. The fourth-order valence-electron chi connectivity index (χ4n) is 1.70. The van der Waals surface area contributed by atoms with Gasteiger partial charge in [-0.15, -0.1) is 11.3 Å². The van der Waals surface area contributed by atoms with E-state index in [2.05, 4.69) is 10.3 Å². The molecule has 1 unspecified atom stereocenters. The zero-order chi connectivity index (χ0) is 13.8. The van der Waals surface area contributed by atoms with E-state index >= 15 is 0 Å². The zero-order valence-corrected chi connectivity index (χ0v) is 11.7. The number of aromatic nitrogens is 1. The van der Waals surface area contributed by atoms with Crippen LogP contribution < -0.4 is 5.32 Å². The quantitative estimate of drug-likeness (QED) is 0.518. The van der Waals surface area contributed by atoms with Crippen molar-refractivity contribution in [1.82, 2.24) is 4.98 Å². The highest BCUT2D eigenvalue weighted by Crippen LogP contribution is 2.25. The van der Waals surface area contributed by atoms with Crippen LogP contribution in [0.2, 0.25) is 5.15 Å². The van der Waals surface area contributed by atoms with Gasteiger partial charge in [-0.2, -0.15) is 0 Å². The SMILES string of the molecule is CC(Cc1cccs1)Nc1nc(Cl)ccc1[N+](=O)[O-]. The lowest BCUT2D eigenvalue weighted by molar-refractivity contribution is -0.384. The highest BCUT2D eigenvalue weighted by molar-refractivity contribution is 7.09. The molecule has 2 aromatic rings. The number of halogens is 1. The minimum atomic E-state index is -0.469. The lowest BCUT2D eigenvalue weighted by Crippen LogP contribution is -2.19. The zero-order valence-electron chi connectivity index (χ0n) is 10.2. The summed E-state index contributed by atoms with van der Waals surface area (Å²) in [6.07, 6.45) is 0.781. The normalized spacial score (nSPS) is 12.1. The van der Waals surface area contributed by atoms with E-state index in [1.54, 1.807) is 11.3 Å². The molecule has 0 saturated heterocycles. The van der Waals surface area contributed by atoms with Gasteiger partial charge in [-0.1, -0.05) is 17.7 Å². The molecule has 0 aliphatic carbocycles. The highest BCUT2D eigenvalue weighted by atomic mass is 35.5. The van der Waals surface area contributed by atoms with Crippen molar-refractivity contribution >= 4 is 34.4 Å². The van der Waals surface area contributed by atoms with Crippen LogP contribution in [0, 0.1) is 10.1 Å². The summed E-state index contributed by atoms with van der Waals surface area (Å²) in [7, 11) is 0. The van der Waals surface area contributed by atoms with Crippen LogP contribution in [0.25, 0.3) is 0 Å². The van der Waals surface area contributed by atoms with E-state index in [9.17, 15) is 10.1 Å². The first-order chi connectivity index (χ1) is 9.06. The van der Waals surface area contributed by atoms with Gasteiger partial charge in [0.25, 0.3) is 0 Å². The second kappa shape index (κ2) is 5.99. The Bertz CT molecular complexity index is 574. The predicted molar refractivity (Wildman–Crippen MR) is 77.0 cm³/mol. The van der Waals surface area contributed by atoms with Gasteiger partial charge in [-0.05, 0) is 24.4 Å². The molecular weight excluding hydrogens is 286 g/mol. The second-order valence-electron chi connectivity index (χ2n) is 4.09. The summed E-state index contributed by atoms with van der Waals surface area (Å²) in [5, 5.41) is 16.2. The van der Waals surface area contributed by atoms with E-state index in [1.165, 1.54) is 17.0 Å². The molecule has 100 valence electrons. The maximum Gasteiger partial charge on any atom is 0.311 e. The molecule has 1 N–H and O–H groups in total. The molecule has 0 fully saturated rings. The van der Waals surface area contributed by atoms with Crippen LogP contribution in [0.15, 0.2) is 29.6 Å². The maximum atomic E-state index is 10.9. The van der Waals surface area contributed by atoms with Gasteiger partial charge in [0.05, 0.1) is 4.92 Å². The van der Waals surface area contributed by atoms with Crippen LogP contribution in [-0.2, 0) is 6.42 Å². The van der Waals surface area contributed by atoms with Gasteiger partial charge >= 0.3 is 5.69 Å². The third kappa shape index (κ3) is 3.65. The Labute approximate surface area is 119 Å². The van der Waals surface area contributed by atoms with E-state index in [4.69, 9.17) is 11.6 Å². The maximum absolute atomic E-state index is 10.9. The molecule has 0 bridgehead atoms. The van der Waals surface area contributed by atoms with E-state index in [0.29, 0.717) is 0 Å². The number of hydrogen-bond acceptors (Lipinski definition) is 5. The number of nitrogens with zero attached hydrogens (tertiary/aromatic N) is 2. The molecular formula is C12H12ClN3O2S. The van der Waals surface area contributed by atoms with Crippen LogP contribution in [0.5, 0.6) is 0 Å². The molecule has 19 heavy (non-hydrogen) atoms. The molecule has 0 saturated carbocycles. The Morgan fingerprint density at radius 1 is 1.53 bits per heavy atom. The van der Waals surface area contributed by atoms with Crippen molar-refractivity contribution in [3.63, 3.8) is 0 Å². The van der Waals surface area contributed by atoms with Gasteiger partial charge in [0.1, 0.15) is 5.15 Å². The Morgan fingerprint density at radius 2 is 2.32 bits per heavy atom. The average Bonchev–Trinajstić information content (AvgIpc) is 2.81. The van der Waals surface area contributed by atoms with Crippen LogP contribution in [0.1, 0.15) is 11.8 Å². The third-order valence-electron chi connectivity index (χ3n) is 2.51. The summed E-state index contributed by atoms with van der Waals surface area (Å²) < 4.78 is 0. The molecule has 0 aromatic carbocycles. The number of nitro groups is 1. The van der Waals surface area contributed by atoms with Gasteiger partial charge in [0, 0.05) is 23.4 Å². The number of hydrogen-bond donors (Lipinski definition) is 1. The number of anilines is 1. The van der Waals surface area contributed by atoms with Crippen LogP contribution >= 0.6 is 22.9 Å². The van der Waals surface area contributed by atoms with Crippen LogP contribution in [-0.4, -0.2) is 15.9 Å². The fourth-order valence-corrected chi connectivity index (χ4v) is 2.68. The number of nitrogens with one attached hydrogen (secondary N) is 1.